The van der Waals surface area contributed by atoms with Crippen LogP contribution in [0.2, 0.25) is 0 Å². The van der Waals surface area contributed by atoms with Gasteiger partial charge in [-0.05, 0) is 42.7 Å². The number of hydrogen-bond acceptors (Lipinski definition) is 3. The van der Waals surface area contributed by atoms with Crippen LogP contribution >= 0.6 is 0 Å². The first kappa shape index (κ1) is 8.59. The minimum atomic E-state index is 0.296. The van der Waals surface area contributed by atoms with Crippen molar-refractivity contribution in [2.75, 3.05) is 0 Å². The van der Waals surface area contributed by atoms with Crippen LogP contribution in [-0.4, -0.2) is 16.5 Å². The maximum absolute atomic E-state index is 9.39. The molecule has 0 unspecified atom stereocenters. The summed E-state index contributed by atoms with van der Waals surface area (Å²) >= 11 is 0. The topological polar surface area (TPSA) is 52.8 Å². The van der Waals surface area contributed by atoms with E-state index in [1.165, 1.54) is 6.21 Å². The Balaban J connectivity index is 3.21. The summed E-state index contributed by atoms with van der Waals surface area (Å²) in [6.07, 6.45) is 1.33. The highest BCUT2D eigenvalue weighted by atomic mass is 16.4. The van der Waals surface area contributed by atoms with Crippen molar-refractivity contribution < 1.29 is 10.3 Å². The van der Waals surface area contributed by atoms with Gasteiger partial charge in [0.05, 0.1) is 6.21 Å². The van der Waals surface area contributed by atoms with E-state index < -0.39 is 0 Å². The Labute approximate surface area is 71.0 Å². The quantitative estimate of drug-likeness (QED) is 0.379. The van der Waals surface area contributed by atoms with Crippen molar-refractivity contribution in [2.24, 2.45) is 5.16 Å². The molecule has 2 N–H and O–H groups in total. The van der Waals surface area contributed by atoms with E-state index in [2.05, 4.69) is 5.16 Å². The summed E-state index contributed by atoms with van der Waals surface area (Å²) in [5.41, 5.74) is 2.35. The molecule has 0 heterocycles. The minimum absolute atomic E-state index is 0.296. The molecule has 0 fully saturated rings. The normalized spacial score (nSPS) is 10.8. The van der Waals surface area contributed by atoms with Crippen molar-refractivity contribution in [3.05, 3.63) is 28.8 Å². The van der Waals surface area contributed by atoms with E-state index in [1.54, 1.807) is 26.0 Å². The third kappa shape index (κ3) is 1.56. The molecule has 3 nitrogen and oxygen atoms in total. The number of rotatable bonds is 1. The Morgan fingerprint density at radius 1 is 1.25 bits per heavy atom. The lowest BCUT2D eigenvalue weighted by Gasteiger charge is -2.03. The van der Waals surface area contributed by atoms with Crippen molar-refractivity contribution in [2.45, 2.75) is 13.8 Å². The third-order valence-electron chi connectivity index (χ3n) is 1.72. The molecule has 0 aliphatic carbocycles. The molecule has 3 heteroatoms. The van der Waals surface area contributed by atoms with Gasteiger partial charge in [-0.1, -0.05) is 5.16 Å². The molecule has 0 amide bonds. The Hall–Kier alpha value is -1.51. The fourth-order valence-electron chi connectivity index (χ4n) is 1.13. The first-order chi connectivity index (χ1) is 5.65. The number of hydrogen-bond donors (Lipinski definition) is 2. The van der Waals surface area contributed by atoms with E-state index in [4.69, 9.17) is 5.21 Å². The Morgan fingerprint density at radius 2 is 1.75 bits per heavy atom. The molecular formula is C9H11NO2. The molecule has 0 aromatic heterocycles. The smallest absolute Gasteiger partial charge is 0.121 e. The van der Waals surface area contributed by atoms with Gasteiger partial charge in [-0.25, -0.2) is 0 Å². The second-order valence-corrected chi connectivity index (χ2v) is 2.75. The second kappa shape index (κ2) is 3.26. The molecule has 1 aromatic carbocycles. The standard InChI is InChI=1S/C9H11NO2/c1-6-3-8(5-10-12)4-7(2)9(6)11/h3-5,11-12H,1-2H3. The van der Waals surface area contributed by atoms with Gasteiger partial charge in [0.15, 0.2) is 0 Å². The van der Waals surface area contributed by atoms with Crippen LogP contribution < -0.4 is 0 Å². The summed E-state index contributed by atoms with van der Waals surface area (Å²) in [5.74, 6) is 0.296. The molecule has 0 spiro atoms. The van der Waals surface area contributed by atoms with E-state index in [1.807, 2.05) is 0 Å². The molecule has 1 aromatic rings. The van der Waals surface area contributed by atoms with Crippen molar-refractivity contribution in [3.63, 3.8) is 0 Å². The largest absolute Gasteiger partial charge is 0.507 e. The number of oxime groups is 1. The van der Waals surface area contributed by atoms with E-state index in [-0.39, 0.29) is 0 Å². The zero-order chi connectivity index (χ0) is 9.14. The van der Waals surface area contributed by atoms with Gasteiger partial charge >= 0.3 is 0 Å². The van der Waals surface area contributed by atoms with Gasteiger partial charge in [-0.3, -0.25) is 0 Å². The van der Waals surface area contributed by atoms with E-state index in [9.17, 15) is 5.11 Å². The van der Waals surface area contributed by atoms with Crippen LogP contribution in [0.15, 0.2) is 17.3 Å². The lowest BCUT2D eigenvalue weighted by molar-refractivity contribution is 0.322. The summed E-state index contributed by atoms with van der Waals surface area (Å²) in [7, 11) is 0. The SMILES string of the molecule is Cc1cc(C=NO)cc(C)c1O. The van der Waals surface area contributed by atoms with Gasteiger partial charge in [-0.2, -0.15) is 0 Å². The molecule has 0 atom stereocenters. The first-order valence-corrected chi connectivity index (χ1v) is 3.63. The number of aromatic hydroxyl groups is 1. The molecule has 12 heavy (non-hydrogen) atoms. The maximum atomic E-state index is 9.39. The fraction of sp³-hybridized carbons (Fsp3) is 0.222. The van der Waals surface area contributed by atoms with Crippen LogP contribution in [0.25, 0.3) is 0 Å². The number of aryl methyl sites for hydroxylation is 2. The predicted octanol–water partition coefficient (Wildman–Crippen LogP) is 1.82. The predicted molar refractivity (Wildman–Crippen MR) is 47.0 cm³/mol. The van der Waals surface area contributed by atoms with Gasteiger partial charge in [-0.15, -0.1) is 0 Å². The van der Waals surface area contributed by atoms with Crippen LogP contribution in [0, 0.1) is 13.8 Å². The van der Waals surface area contributed by atoms with Crippen molar-refractivity contribution in [3.8, 4) is 5.75 Å². The first-order valence-electron chi connectivity index (χ1n) is 3.63. The highest BCUT2D eigenvalue weighted by molar-refractivity contribution is 5.80. The Kier molecular flexibility index (Phi) is 2.33. The summed E-state index contributed by atoms with van der Waals surface area (Å²) in [6.45, 7) is 3.61. The molecule has 64 valence electrons. The molecule has 0 radical (unpaired) electrons. The summed E-state index contributed by atoms with van der Waals surface area (Å²) < 4.78 is 0. The second-order valence-electron chi connectivity index (χ2n) is 2.75. The van der Waals surface area contributed by atoms with Crippen LogP contribution in [0.1, 0.15) is 16.7 Å². The van der Waals surface area contributed by atoms with Crippen molar-refractivity contribution >= 4 is 6.21 Å². The van der Waals surface area contributed by atoms with Crippen molar-refractivity contribution in [1.29, 1.82) is 0 Å². The van der Waals surface area contributed by atoms with Crippen LogP contribution in [-0.2, 0) is 0 Å². The maximum Gasteiger partial charge on any atom is 0.121 e. The Bertz CT molecular complexity index is 295. The highest BCUT2D eigenvalue weighted by Gasteiger charge is 2.01. The van der Waals surface area contributed by atoms with E-state index in [0.717, 1.165) is 16.7 Å². The molecule has 0 saturated carbocycles. The third-order valence-corrected chi connectivity index (χ3v) is 1.72. The van der Waals surface area contributed by atoms with Gasteiger partial charge in [0.2, 0.25) is 0 Å². The van der Waals surface area contributed by atoms with Crippen LogP contribution in [0.5, 0.6) is 5.75 Å². The van der Waals surface area contributed by atoms with Crippen LogP contribution in [0.3, 0.4) is 0 Å². The van der Waals surface area contributed by atoms with Gasteiger partial charge < -0.3 is 10.3 Å². The Morgan fingerprint density at radius 3 is 2.17 bits per heavy atom. The highest BCUT2D eigenvalue weighted by Crippen LogP contribution is 2.21. The lowest BCUT2D eigenvalue weighted by Crippen LogP contribution is -1.86. The van der Waals surface area contributed by atoms with Crippen LogP contribution in [0.4, 0.5) is 0 Å². The zero-order valence-corrected chi connectivity index (χ0v) is 7.07. The van der Waals surface area contributed by atoms with Gasteiger partial charge in [0.1, 0.15) is 5.75 Å². The molecule has 0 saturated heterocycles. The van der Waals surface area contributed by atoms with Gasteiger partial charge in [0, 0.05) is 0 Å². The van der Waals surface area contributed by atoms with E-state index in [0.29, 0.717) is 5.75 Å². The molecule has 0 aliphatic rings. The summed E-state index contributed by atoms with van der Waals surface area (Å²) in [6, 6.07) is 3.50. The molecule has 0 aliphatic heterocycles. The number of phenolic OH excluding ortho intramolecular Hbond substituents is 1. The zero-order valence-electron chi connectivity index (χ0n) is 7.07. The van der Waals surface area contributed by atoms with Crippen molar-refractivity contribution in [1.82, 2.24) is 0 Å². The van der Waals surface area contributed by atoms with E-state index >= 15 is 0 Å². The number of benzene rings is 1. The molecular weight excluding hydrogens is 154 g/mol. The fourth-order valence-corrected chi connectivity index (χ4v) is 1.13. The number of nitrogens with zero attached hydrogens (tertiary/aromatic N) is 1. The molecule has 1 rings (SSSR count). The lowest BCUT2D eigenvalue weighted by atomic mass is 10.1. The monoisotopic (exact) mass is 165 g/mol. The average molecular weight is 165 g/mol. The summed E-state index contributed by atoms with van der Waals surface area (Å²) in [5, 5.41) is 20.6. The number of phenols is 1. The molecule has 0 bridgehead atoms. The summed E-state index contributed by atoms with van der Waals surface area (Å²) in [4.78, 5) is 0. The average Bonchev–Trinajstić information content (AvgIpc) is 2.01. The van der Waals surface area contributed by atoms with Gasteiger partial charge in [0.25, 0.3) is 0 Å². The minimum Gasteiger partial charge on any atom is -0.507 e.